The minimum absolute atomic E-state index is 0.0753. The molecule has 3 rings (SSSR count). The molecule has 0 radical (unpaired) electrons. The lowest BCUT2D eigenvalue weighted by molar-refractivity contribution is -0.140. The van der Waals surface area contributed by atoms with Crippen LogP contribution in [0.2, 0.25) is 0 Å². The fraction of sp³-hybridized carbons (Fsp3) is 0.444. The maximum absolute atomic E-state index is 13.3. The van der Waals surface area contributed by atoms with Crippen molar-refractivity contribution in [2.45, 2.75) is 45.8 Å². The van der Waals surface area contributed by atoms with E-state index in [9.17, 15) is 9.18 Å². The lowest BCUT2D eigenvalue weighted by Gasteiger charge is -2.40. The number of carbonyl (C=O) groups is 1. The van der Waals surface area contributed by atoms with Crippen molar-refractivity contribution < 1.29 is 13.9 Å². The number of rotatable bonds is 11. The number of alkyl halides is 1. The van der Waals surface area contributed by atoms with E-state index in [2.05, 4.69) is 30.3 Å². The largest absolute Gasteiger partial charge is 0.375 e. The van der Waals surface area contributed by atoms with Crippen LogP contribution in [-0.2, 0) is 16.1 Å². The van der Waals surface area contributed by atoms with E-state index in [1.165, 1.54) is 7.11 Å². The van der Waals surface area contributed by atoms with Crippen molar-refractivity contribution in [1.29, 1.82) is 0 Å². The number of hydrogen-bond acceptors (Lipinski definition) is 5. The standard InChI is InChI=1S/C27H36FN5O2/c1-27(2,3)25(33(24(34)19-35-4)15-12-22(29)16-28)26-31-23(21-8-6-5-7-9-21)18-32(26)17-20-10-13-30-14-11-20/h5-11,13-14,18,22,25H,12,15-17,19,29H2,1-4H3/t22?,25-/m0/s1. The molecule has 2 heterocycles. The second kappa shape index (κ2) is 12.0. The molecule has 2 atom stereocenters. The Morgan fingerprint density at radius 1 is 1.17 bits per heavy atom. The van der Waals surface area contributed by atoms with Gasteiger partial charge in [0.15, 0.2) is 0 Å². The van der Waals surface area contributed by atoms with Crippen LogP contribution in [0.1, 0.15) is 44.6 Å². The van der Waals surface area contributed by atoms with Gasteiger partial charge in [0.2, 0.25) is 5.91 Å². The predicted molar refractivity (Wildman–Crippen MR) is 135 cm³/mol. The van der Waals surface area contributed by atoms with Gasteiger partial charge in [0.05, 0.1) is 11.7 Å². The lowest BCUT2D eigenvalue weighted by Crippen LogP contribution is -2.45. The Kier molecular flexibility index (Phi) is 9.12. The van der Waals surface area contributed by atoms with Crippen molar-refractivity contribution in [3.63, 3.8) is 0 Å². The summed E-state index contributed by atoms with van der Waals surface area (Å²) in [7, 11) is 1.49. The summed E-state index contributed by atoms with van der Waals surface area (Å²) in [5, 5.41) is 0. The average molecular weight is 482 g/mol. The van der Waals surface area contributed by atoms with Gasteiger partial charge in [0.1, 0.15) is 19.1 Å². The quantitative estimate of drug-likeness (QED) is 0.443. The van der Waals surface area contributed by atoms with Gasteiger partial charge in [0, 0.05) is 50.4 Å². The van der Waals surface area contributed by atoms with Crippen LogP contribution in [-0.4, -0.2) is 58.3 Å². The van der Waals surface area contributed by atoms with Gasteiger partial charge in [-0.05, 0) is 29.5 Å². The number of amides is 1. The van der Waals surface area contributed by atoms with Gasteiger partial charge in [-0.1, -0.05) is 51.1 Å². The van der Waals surface area contributed by atoms with E-state index in [0.29, 0.717) is 19.5 Å². The number of pyridine rings is 1. The van der Waals surface area contributed by atoms with Crippen LogP contribution in [0, 0.1) is 5.41 Å². The maximum atomic E-state index is 13.3. The third kappa shape index (κ3) is 6.96. The van der Waals surface area contributed by atoms with Gasteiger partial charge in [-0.3, -0.25) is 9.78 Å². The Balaban J connectivity index is 2.13. The van der Waals surface area contributed by atoms with Crippen molar-refractivity contribution in [2.75, 3.05) is 26.9 Å². The van der Waals surface area contributed by atoms with E-state index < -0.39 is 18.8 Å². The number of carbonyl (C=O) groups excluding carboxylic acids is 1. The summed E-state index contributed by atoms with van der Waals surface area (Å²) in [4.78, 5) is 24.2. The van der Waals surface area contributed by atoms with Gasteiger partial charge in [-0.2, -0.15) is 0 Å². The summed E-state index contributed by atoms with van der Waals surface area (Å²) in [6.45, 7) is 6.39. The highest BCUT2D eigenvalue weighted by atomic mass is 19.1. The summed E-state index contributed by atoms with van der Waals surface area (Å²) in [6, 6.07) is 12.9. The molecule has 1 amide bonds. The highest BCUT2D eigenvalue weighted by Crippen LogP contribution is 2.39. The summed E-state index contributed by atoms with van der Waals surface area (Å²) < 4.78 is 20.4. The summed E-state index contributed by atoms with van der Waals surface area (Å²) in [5.74, 6) is 0.574. The summed E-state index contributed by atoms with van der Waals surface area (Å²) >= 11 is 0. The minimum atomic E-state index is -0.638. The topological polar surface area (TPSA) is 86.3 Å². The molecular weight excluding hydrogens is 445 g/mol. The van der Waals surface area contributed by atoms with Crippen molar-refractivity contribution >= 4 is 5.91 Å². The maximum Gasteiger partial charge on any atom is 0.249 e. The molecule has 35 heavy (non-hydrogen) atoms. The van der Waals surface area contributed by atoms with Crippen LogP contribution in [0.25, 0.3) is 11.3 Å². The zero-order valence-electron chi connectivity index (χ0n) is 21.0. The van der Waals surface area contributed by atoms with Crippen LogP contribution < -0.4 is 5.73 Å². The first kappa shape index (κ1) is 26.5. The molecule has 0 saturated carbocycles. The molecule has 1 unspecified atom stereocenters. The Morgan fingerprint density at radius 2 is 1.86 bits per heavy atom. The van der Waals surface area contributed by atoms with Gasteiger partial charge < -0.3 is 19.9 Å². The second-order valence-electron chi connectivity index (χ2n) is 9.83. The normalized spacial score (nSPS) is 13.4. The highest BCUT2D eigenvalue weighted by molar-refractivity contribution is 5.78. The first-order valence-corrected chi connectivity index (χ1v) is 11.9. The first-order valence-electron chi connectivity index (χ1n) is 11.9. The van der Waals surface area contributed by atoms with Crippen LogP contribution in [0.3, 0.4) is 0 Å². The smallest absolute Gasteiger partial charge is 0.249 e. The van der Waals surface area contributed by atoms with Crippen molar-refractivity contribution in [1.82, 2.24) is 19.4 Å². The molecule has 7 nitrogen and oxygen atoms in total. The SMILES string of the molecule is COCC(=O)N(CCC(N)CF)[C@@H](c1nc(-c2ccccc2)cn1Cc1ccncc1)C(C)(C)C. The molecule has 0 aliphatic rings. The first-order chi connectivity index (χ1) is 16.7. The molecule has 2 aromatic heterocycles. The predicted octanol–water partition coefficient (Wildman–Crippen LogP) is 4.24. The Morgan fingerprint density at radius 3 is 2.46 bits per heavy atom. The van der Waals surface area contributed by atoms with Gasteiger partial charge >= 0.3 is 0 Å². The summed E-state index contributed by atoms with van der Waals surface area (Å²) in [5.41, 5.74) is 8.39. The molecule has 3 aromatic rings. The Labute approximate surface area is 207 Å². The fourth-order valence-electron chi connectivity index (χ4n) is 4.19. The third-order valence-corrected chi connectivity index (χ3v) is 5.88. The average Bonchev–Trinajstić information content (AvgIpc) is 3.24. The summed E-state index contributed by atoms with van der Waals surface area (Å²) in [6.07, 6.45) is 5.89. The van der Waals surface area contributed by atoms with Gasteiger partial charge in [0.25, 0.3) is 0 Å². The van der Waals surface area contributed by atoms with E-state index >= 15 is 0 Å². The molecule has 0 saturated heterocycles. The number of nitrogens with two attached hydrogens (primary N) is 1. The van der Waals surface area contributed by atoms with Crippen LogP contribution in [0.15, 0.2) is 61.1 Å². The minimum Gasteiger partial charge on any atom is -0.375 e. The van der Waals surface area contributed by atoms with E-state index in [-0.39, 0.29) is 17.9 Å². The van der Waals surface area contributed by atoms with Gasteiger partial charge in [-0.25, -0.2) is 9.37 Å². The molecule has 0 spiro atoms. The molecular formula is C27H36FN5O2. The van der Waals surface area contributed by atoms with Crippen LogP contribution in [0.5, 0.6) is 0 Å². The fourth-order valence-corrected chi connectivity index (χ4v) is 4.19. The lowest BCUT2D eigenvalue weighted by atomic mass is 9.84. The molecule has 0 fully saturated rings. The number of aromatic nitrogens is 3. The van der Waals surface area contributed by atoms with E-state index in [4.69, 9.17) is 15.5 Å². The third-order valence-electron chi connectivity index (χ3n) is 5.88. The molecule has 2 N–H and O–H groups in total. The second-order valence-corrected chi connectivity index (χ2v) is 9.83. The number of imidazole rings is 1. The Hall–Kier alpha value is -3.10. The molecule has 188 valence electrons. The zero-order valence-corrected chi connectivity index (χ0v) is 21.0. The molecule has 0 bridgehead atoms. The molecule has 0 aliphatic heterocycles. The monoisotopic (exact) mass is 481 g/mol. The van der Waals surface area contributed by atoms with Crippen LogP contribution >= 0.6 is 0 Å². The molecule has 8 heteroatoms. The van der Waals surface area contributed by atoms with Gasteiger partial charge in [-0.15, -0.1) is 0 Å². The number of halogens is 1. The van der Waals surface area contributed by atoms with E-state index in [0.717, 1.165) is 22.6 Å². The number of hydrogen-bond donors (Lipinski definition) is 1. The van der Waals surface area contributed by atoms with Crippen LogP contribution in [0.4, 0.5) is 4.39 Å². The highest BCUT2D eigenvalue weighted by Gasteiger charge is 2.38. The van der Waals surface area contributed by atoms with Crippen molar-refractivity contribution in [3.8, 4) is 11.3 Å². The zero-order chi connectivity index (χ0) is 25.4. The number of ether oxygens (including phenoxy) is 1. The van der Waals surface area contributed by atoms with Crippen molar-refractivity contribution in [3.05, 3.63) is 72.4 Å². The van der Waals surface area contributed by atoms with Crippen molar-refractivity contribution in [2.24, 2.45) is 11.1 Å². The molecule has 1 aromatic carbocycles. The Bertz CT molecular complexity index is 1070. The molecule has 0 aliphatic carbocycles. The number of nitrogens with zero attached hydrogens (tertiary/aromatic N) is 4. The number of benzene rings is 1. The van der Waals surface area contributed by atoms with E-state index in [1.807, 2.05) is 48.7 Å². The number of methoxy groups -OCH3 is 1. The van der Waals surface area contributed by atoms with E-state index in [1.54, 1.807) is 17.3 Å².